The van der Waals surface area contributed by atoms with E-state index in [1.54, 1.807) is 10.6 Å². The molecule has 2 aromatic rings. The minimum absolute atomic E-state index is 0.258. The summed E-state index contributed by atoms with van der Waals surface area (Å²) in [5.74, 6) is 0.106. The van der Waals surface area contributed by atoms with Crippen LogP contribution in [0.3, 0.4) is 0 Å². The van der Waals surface area contributed by atoms with E-state index in [0.29, 0.717) is 11.7 Å². The van der Waals surface area contributed by atoms with E-state index in [0.717, 1.165) is 18.1 Å². The molecule has 0 aliphatic carbocycles. The highest BCUT2D eigenvalue weighted by Gasteiger charge is 2.23. The van der Waals surface area contributed by atoms with Crippen molar-refractivity contribution < 1.29 is 9.90 Å². The van der Waals surface area contributed by atoms with Crippen LogP contribution < -0.4 is 4.90 Å². The Morgan fingerprint density at radius 1 is 1.61 bits per heavy atom. The Morgan fingerprint density at radius 2 is 2.33 bits per heavy atom. The Bertz CT molecular complexity index is 559. The molecule has 0 atom stereocenters. The molecule has 2 aromatic heterocycles. The van der Waals surface area contributed by atoms with Gasteiger partial charge in [-0.2, -0.15) is 0 Å². The Balaban J connectivity index is 2.50. The molecule has 0 radical (unpaired) electrons. The van der Waals surface area contributed by atoms with E-state index in [4.69, 9.17) is 0 Å². The van der Waals surface area contributed by atoms with E-state index >= 15 is 0 Å². The van der Waals surface area contributed by atoms with Gasteiger partial charge in [-0.25, -0.2) is 9.78 Å². The third-order valence-corrected chi connectivity index (χ3v) is 3.47. The maximum atomic E-state index is 11.4. The summed E-state index contributed by atoms with van der Waals surface area (Å²) in [6, 6.07) is 0. The summed E-state index contributed by atoms with van der Waals surface area (Å²) in [5, 5.41) is 11.2. The monoisotopic (exact) mass is 267 g/mol. The molecule has 0 bridgehead atoms. The minimum atomic E-state index is -0.932. The number of fused-ring (bicyclic) bond motifs is 1. The van der Waals surface area contributed by atoms with Crippen molar-refractivity contribution >= 4 is 28.1 Å². The molecule has 98 valence electrons. The molecule has 0 amide bonds. The molecule has 0 aliphatic rings. The van der Waals surface area contributed by atoms with Crippen molar-refractivity contribution in [3.05, 3.63) is 17.3 Å². The van der Waals surface area contributed by atoms with Crippen LogP contribution in [-0.2, 0) is 0 Å². The third-order valence-electron chi connectivity index (χ3n) is 2.71. The van der Waals surface area contributed by atoms with Gasteiger partial charge in [0.15, 0.2) is 16.5 Å². The molecule has 18 heavy (non-hydrogen) atoms. The van der Waals surface area contributed by atoms with E-state index in [9.17, 15) is 9.90 Å². The van der Waals surface area contributed by atoms with Crippen molar-refractivity contribution in [3.8, 4) is 0 Å². The van der Waals surface area contributed by atoms with Gasteiger partial charge < -0.3 is 10.0 Å². The van der Waals surface area contributed by atoms with E-state index in [1.807, 2.05) is 17.2 Å². The predicted molar refractivity (Wildman–Crippen MR) is 72.8 cm³/mol. The second-order valence-corrected chi connectivity index (χ2v) is 5.45. The first-order chi connectivity index (χ1) is 8.54. The van der Waals surface area contributed by atoms with Crippen LogP contribution >= 0.6 is 11.3 Å². The van der Waals surface area contributed by atoms with Crippen molar-refractivity contribution in [3.63, 3.8) is 0 Å². The summed E-state index contributed by atoms with van der Waals surface area (Å²) in [6.07, 6.45) is 1.75. The van der Waals surface area contributed by atoms with Crippen LogP contribution in [0.5, 0.6) is 0 Å². The summed E-state index contributed by atoms with van der Waals surface area (Å²) in [7, 11) is 0. The van der Waals surface area contributed by atoms with Gasteiger partial charge in [0.05, 0.1) is 0 Å². The number of carboxylic acids is 1. The van der Waals surface area contributed by atoms with Gasteiger partial charge in [0, 0.05) is 24.7 Å². The number of nitrogens with zero attached hydrogens (tertiary/aromatic N) is 3. The zero-order chi connectivity index (χ0) is 13.3. The Kier molecular flexibility index (Phi) is 3.56. The number of anilines is 1. The minimum Gasteiger partial charge on any atom is -0.476 e. The van der Waals surface area contributed by atoms with Crippen molar-refractivity contribution in [2.75, 3.05) is 18.0 Å². The van der Waals surface area contributed by atoms with Crippen molar-refractivity contribution in [2.24, 2.45) is 5.92 Å². The summed E-state index contributed by atoms with van der Waals surface area (Å²) in [4.78, 5) is 18.6. The fraction of sp³-hybridized carbons (Fsp3) is 0.500. The molecule has 0 fully saturated rings. The average Bonchev–Trinajstić information content (AvgIpc) is 2.83. The van der Waals surface area contributed by atoms with Crippen molar-refractivity contribution in [2.45, 2.75) is 20.8 Å². The molecule has 1 N–H and O–H groups in total. The van der Waals surface area contributed by atoms with Crippen LogP contribution in [0, 0.1) is 5.92 Å². The fourth-order valence-corrected chi connectivity index (χ4v) is 2.71. The maximum absolute atomic E-state index is 11.4. The van der Waals surface area contributed by atoms with Gasteiger partial charge in [0.2, 0.25) is 0 Å². The highest BCUT2D eigenvalue weighted by atomic mass is 32.1. The Morgan fingerprint density at radius 3 is 2.89 bits per heavy atom. The van der Waals surface area contributed by atoms with E-state index in [-0.39, 0.29) is 5.69 Å². The lowest BCUT2D eigenvalue weighted by Crippen LogP contribution is -2.29. The first kappa shape index (κ1) is 12.9. The summed E-state index contributed by atoms with van der Waals surface area (Å²) >= 11 is 1.45. The van der Waals surface area contributed by atoms with E-state index < -0.39 is 5.97 Å². The number of imidazole rings is 1. The summed E-state index contributed by atoms with van der Waals surface area (Å²) in [6.45, 7) is 7.80. The largest absolute Gasteiger partial charge is 0.476 e. The molecule has 0 aromatic carbocycles. The number of rotatable bonds is 5. The van der Waals surface area contributed by atoms with Crippen molar-refractivity contribution in [1.82, 2.24) is 9.38 Å². The van der Waals surface area contributed by atoms with E-state index in [2.05, 4.69) is 18.8 Å². The third kappa shape index (κ3) is 2.20. The van der Waals surface area contributed by atoms with Gasteiger partial charge in [-0.3, -0.25) is 4.40 Å². The molecule has 2 heterocycles. The number of hydrogen-bond acceptors (Lipinski definition) is 4. The van der Waals surface area contributed by atoms with Gasteiger partial charge in [0.1, 0.15) is 0 Å². The number of carbonyl (C=O) groups is 1. The first-order valence-corrected chi connectivity index (χ1v) is 6.86. The maximum Gasteiger partial charge on any atom is 0.356 e. The molecule has 6 heteroatoms. The zero-order valence-electron chi connectivity index (χ0n) is 10.8. The molecule has 5 nitrogen and oxygen atoms in total. The lowest BCUT2D eigenvalue weighted by molar-refractivity contribution is 0.0690. The SMILES string of the molecule is CCN(CC(C)C)c1nc2sccn2c1C(=O)O. The smallest absolute Gasteiger partial charge is 0.356 e. The summed E-state index contributed by atoms with van der Waals surface area (Å²) < 4.78 is 1.64. The van der Waals surface area contributed by atoms with Gasteiger partial charge >= 0.3 is 5.97 Å². The highest BCUT2D eigenvalue weighted by molar-refractivity contribution is 7.15. The molecular weight excluding hydrogens is 250 g/mol. The molecule has 2 rings (SSSR count). The quantitative estimate of drug-likeness (QED) is 0.904. The molecule has 0 unspecified atom stereocenters. The molecule has 0 saturated carbocycles. The molecule has 0 saturated heterocycles. The molecular formula is C12H17N3O2S. The van der Waals surface area contributed by atoms with Gasteiger partial charge in [0.25, 0.3) is 0 Å². The number of thiazole rings is 1. The second kappa shape index (κ2) is 4.97. The van der Waals surface area contributed by atoms with Gasteiger partial charge in [-0.05, 0) is 12.8 Å². The lowest BCUT2D eigenvalue weighted by Gasteiger charge is -2.23. The molecule has 0 spiro atoms. The molecule has 0 aliphatic heterocycles. The second-order valence-electron chi connectivity index (χ2n) is 4.58. The number of aromatic carboxylic acids is 1. The van der Waals surface area contributed by atoms with Crippen LogP contribution in [-0.4, -0.2) is 33.6 Å². The summed E-state index contributed by atoms with van der Waals surface area (Å²) in [5.41, 5.74) is 0.258. The van der Waals surface area contributed by atoms with Crippen LogP contribution in [0.25, 0.3) is 4.96 Å². The normalized spacial score (nSPS) is 11.3. The van der Waals surface area contributed by atoms with Crippen LogP contribution in [0.1, 0.15) is 31.3 Å². The van der Waals surface area contributed by atoms with Crippen LogP contribution in [0.4, 0.5) is 5.82 Å². The number of carboxylic acid groups (broad SMARTS) is 1. The fourth-order valence-electron chi connectivity index (χ4n) is 2.00. The lowest BCUT2D eigenvalue weighted by atomic mass is 10.2. The Hall–Kier alpha value is -1.56. The average molecular weight is 267 g/mol. The standard InChI is InChI=1S/C12H17N3O2S/c1-4-14(7-8(2)3)10-9(11(16)17)15-5-6-18-12(15)13-10/h5-6,8H,4,7H2,1-3H3,(H,16,17). The van der Waals surface area contributed by atoms with E-state index in [1.165, 1.54) is 11.3 Å². The van der Waals surface area contributed by atoms with Crippen molar-refractivity contribution in [1.29, 1.82) is 0 Å². The van der Waals surface area contributed by atoms with Crippen LogP contribution in [0.15, 0.2) is 11.6 Å². The first-order valence-electron chi connectivity index (χ1n) is 5.98. The highest BCUT2D eigenvalue weighted by Crippen LogP contribution is 2.25. The zero-order valence-corrected chi connectivity index (χ0v) is 11.6. The Labute approximate surface area is 110 Å². The number of hydrogen-bond donors (Lipinski definition) is 1. The predicted octanol–water partition coefficient (Wildman–Crippen LogP) is 2.58. The van der Waals surface area contributed by atoms with Gasteiger partial charge in [-0.15, -0.1) is 11.3 Å². The van der Waals surface area contributed by atoms with Crippen LogP contribution in [0.2, 0.25) is 0 Å². The number of aromatic nitrogens is 2. The topological polar surface area (TPSA) is 57.8 Å². The van der Waals surface area contributed by atoms with Gasteiger partial charge in [-0.1, -0.05) is 13.8 Å².